The number of sulfonamides is 1. The Kier molecular flexibility index (Phi) is 3.52. The summed E-state index contributed by atoms with van der Waals surface area (Å²) in [4.78, 5) is 11.6. The molecule has 2 fully saturated rings. The molecule has 0 spiro atoms. The lowest BCUT2D eigenvalue weighted by Gasteiger charge is -2.16. The molecule has 20 heavy (non-hydrogen) atoms. The van der Waals surface area contributed by atoms with Gasteiger partial charge in [0.05, 0.1) is 4.90 Å². The standard InChI is InChI=1S/C14H18N2O3S/c17-14-9-12(10-15-14)11-3-5-13(6-4-11)20(18,19)16-7-1-2-8-16/h3-6,12H,1-2,7-10H2,(H,15,17)/t12-/m1/s1. The highest BCUT2D eigenvalue weighted by atomic mass is 32.2. The van der Waals surface area contributed by atoms with E-state index in [9.17, 15) is 13.2 Å². The second kappa shape index (κ2) is 5.18. The molecule has 108 valence electrons. The third kappa shape index (κ3) is 2.45. The predicted molar refractivity (Wildman–Crippen MR) is 74.8 cm³/mol. The highest BCUT2D eigenvalue weighted by Gasteiger charge is 2.28. The molecule has 6 heteroatoms. The molecule has 1 aromatic rings. The largest absolute Gasteiger partial charge is 0.355 e. The number of nitrogens with one attached hydrogen (secondary N) is 1. The summed E-state index contributed by atoms with van der Waals surface area (Å²) in [6.45, 7) is 1.87. The number of carbonyl (C=O) groups excluding carboxylic acids is 1. The molecule has 1 atom stereocenters. The summed E-state index contributed by atoms with van der Waals surface area (Å²) in [6, 6.07) is 6.97. The molecular formula is C14H18N2O3S. The van der Waals surface area contributed by atoms with Gasteiger partial charge in [0, 0.05) is 32.0 Å². The highest BCUT2D eigenvalue weighted by molar-refractivity contribution is 7.89. The van der Waals surface area contributed by atoms with Crippen molar-refractivity contribution in [2.75, 3.05) is 19.6 Å². The van der Waals surface area contributed by atoms with E-state index in [-0.39, 0.29) is 11.8 Å². The maximum atomic E-state index is 12.4. The molecule has 0 aromatic heterocycles. The number of rotatable bonds is 3. The summed E-state index contributed by atoms with van der Waals surface area (Å²) in [5, 5.41) is 2.79. The highest BCUT2D eigenvalue weighted by Crippen LogP contribution is 2.26. The molecule has 0 bridgehead atoms. The third-order valence-electron chi connectivity index (χ3n) is 4.03. The van der Waals surface area contributed by atoms with Gasteiger partial charge in [-0.1, -0.05) is 12.1 Å². The van der Waals surface area contributed by atoms with E-state index >= 15 is 0 Å². The van der Waals surface area contributed by atoms with Crippen molar-refractivity contribution in [3.63, 3.8) is 0 Å². The average molecular weight is 294 g/mol. The monoisotopic (exact) mass is 294 g/mol. The first-order chi connectivity index (χ1) is 9.57. The maximum absolute atomic E-state index is 12.4. The van der Waals surface area contributed by atoms with Crippen LogP contribution in [0.1, 0.15) is 30.7 Å². The Labute approximate surface area is 119 Å². The Morgan fingerprint density at radius 2 is 1.75 bits per heavy atom. The van der Waals surface area contributed by atoms with Crippen LogP contribution < -0.4 is 5.32 Å². The second-order valence-electron chi connectivity index (χ2n) is 5.39. The van der Waals surface area contributed by atoms with Crippen LogP contribution >= 0.6 is 0 Å². The van der Waals surface area contributed by atoms with E-state index in [0.717, 1.165) is 18.4 Å². The van der Waals surface area contributed by atoms with Crippen molar-refractivity contribution in [3.05, 3.63) is 29.8 Å². The lowest BCUT2D eigenvalue weighted by atomic mass is 9.99. The van der Waals surface area contributed by atoms with Gasteiger partial charge in [-0.15, -0.1) is 0 Å². The molecule has 3 rings (SSSR count). The van der Waals surface area contributed by atoms with Gasteiger partial charge < -0.3 is 5.32 Å². The lowest BCUT2D eigenvalue weighted by Crippen LogP contribution is -2.27. The van der Waals surface area contributed by atoms with Gasteiger partial charge in [-0.25, -0.2) is 8.42 Å². The average Bonchev–Trinajstić information content (AvgIpc) is 3.10. The maximum Gasteiger partial charge on any atom is 0.243 e. The van der Waals surface area contributed by atoms with Crippen molar-refractivity contribution >= 4 is 15.9 Å². The van der Waals surface area contributed by atoms with E-state index in [0.29, 0.717) is 31.0 Å². The molecule has 1 N–H and O–H groups in total. The first kappa shape index (κ1) is 13.6. The fraction of sp³-hybridized carbons (Fsp3) is 0.500. The van der Waals surface area contributed by atoms with Crippen molar-refractivity contribution in [2.45, 2.75) is 30.1 Å². The third-order valence-corrected chi connectivity index (χ3v) is 5.94. The van der Waals surface area contributed by atoms with Crippen molar-refractivity contribution in [3.8, 4) is 0 Å². The van der Waals surface area contributed by atoms with Crippen molar-refractivity contribution in [2.24, 2.45) is 0 Å². The van der Waals surface area contributed by atoms with Crippen LogP contribution in [0.25, 0.3) is 0 Å². The van der Waals surface area contributed by atoms with Crippen LogP contribution in [0.3, 0.4) is 0 Å². The van der Waals surface area contributed by atoms with Crippen LogP contribution in [0.2, 0.25) is 0 Å². The van der Waals surface area contributed by atoms with Crippen LogP contribution in [0, 0.1) is 0 Å². The van der Waals surface area contributed by atoms with E-state index in [1.807, 2.05) is 12.1 Å². The minimum absolute atomic E-state index is 0.0590. The molecule has 0 radical (unpaired) electrons. The lowest BCUT2D eigenvalue weighted by molar-refractivity contribution is -0.119. The van der Waals surface area contributed by atoms with Gasteiger partial charge in [0.15, 0.2) is 0 Å². The van der Waals surface area contributed by atoms with Gasteiger partial charge in [-0.05, 0) is 30.5 Å². The zero-order valence-electron chi connectivity index (χ0n) is 11.2. The van der Waals surface area contributed by atoms with Gasteiger partial charge >= 0.3 is 0 Å². The summed E-state index contributed by atoms with van der Waals surface area (Å²) < 4.78 is 26.3. The van der Waals surface area contributed by atoms with Gasteiger partial charge in [-0.3, -0.25) is 4.79 Å². The fourth-order valence-electron chi connectivity index (χ4n) is 2.83. The van der Waals surface area contributed by atoms with Crippen molar-refractivity contribution in [1.82, 2.24) is 9.62 Å². The number of carbonyl (C=O) groups is 1. The van der Waals surface area contributed by atoms with Crippen molar-refractivity contribution in [1.29, 1.82) is 0 Å². The van der Waals surface area contributed by atoms with Gasteiger partial charge in [0.1, 0.15) is 0 Å². The normalized spacial score (nSPS) is 24.0. The summed E-state index contributed by atoms with van der Waals surface area (Å²) in [5.41, 5.74) is 1.02. The van der Waals surface area contributed by atoms with E-state index in [4.69, 9.17) is 0 Å². The number of hydrogen-bond acceptors (Lipinski definition) is 3. The van der Waals surface area contributed by atoms with Gasteiger partial charge in [0.2, 0.25) is 15.9 Å². The molecule has 2 saturated heterocycles. The Balaban J connectivity index is 1.80. The van der Waals surface area contributed by atoms with Crippen LogP contribution in [0.15, 0.2) is 29.2 Å². The molecule has 2 aliphatic heterocycles. The number of hydrogen-bond donors (Lipinski definition) is 1. The predicted octanol–water partition coefficient (Wildman–Crippen LogP) is 1.07. The first-order valence-corrected chi connectivity index (χ1v) is 8.38. The molecule has 5 nitrogen and oxygen atoms in total. The van der Waals surface area contributed by atoms with Crippen molar-refractivity contribution < 1.29 is 13.2 Å². The van der Waals surface area contributed by atoms with Crippen LogP contribution in [0.4, 0.5) is 0 Å². The topological polar surface area (TPSA) is 66.5 Å². The van der Waals surface area contributed by atoms with Crippen LogP contribution in [0.5, 0.6) is 0 Å². The van der Waals surface area contributed by atoms with E-state index < -0.39 is 10.0 Å². The molecule has 0 unspecified atom stereocenters. The van der Waals surface area contributed by atoms with E-state index in [2.05, 4.69) is 5.32 Å². The SMILES string of the molecule is O=C1C[C@@H](c2ccc(S(=O)(=O)N3CCCC3)cc2)CN1. The zero-order chi connectivity index (χ0) is 14.2. The number of nitrogens with zero attached hydrogens (tertiary/aromatic N) is 1. The quantitative estimate of drug-likeness (QED) is 0.907. The van der Waals surface area contributed by atoms with E-state index in [1.165, 1.54) is 0 Å². The minimum atomic E-state index is -3.34. The molecule has 2 heterocycles. The smallest absolute Gasteiger partial charge is 0.243 e. The molecular weight excluding hydrogens is 276 g/mol. The summed E-state index contributed by atoms with van der Waals surface area (Å²) in [6.07, 6.45) is 2.36. The Hall–Kier alpha value is -1.40. The minimum Gasteiger partial charge on any atom is -0.355 e. The number of benzene rings is 1. The summed E-state index contributed by atoms with van der Waals surface area (Å²) in [5.74, 6) is 0.217. The Morgan fingerprint density at radius 3 is 2.30 bits per heavy atom. The molecule has 0 saturated carbocycles. The summed E-state index contributed by atoms with van der Waals surface area (Å²) in [7, 11) is -3.34. The molecule has 2 aliphatic rings. The molecule has 1 amide bonds. The Morgan fingerprint density at radius 1 is 1.10 bits per heavy atom. The fourth-order valence-corrected chi connectivity index (χ4v) is 4.35. The first-order valence-electron chi connectivity index (χ1n) is 6.94. The number of amides is 1. The van der Waals surface area contributed by atoms with Gasteiger partial charge in [-0.2, -0.15) is 4.31 Å². The van der Waals surface area contributed by atoms with Crippen LogP contribution in [-0.2, 0) is 14.8 Å². The Bertz CT molecular complexity index is 604. The second-order valence-corrected chi connectivity index (χ2v) is 7.32. The molecule has 1 aromatic carbocycles. The molecule has 0 aliphatic carbocycles. The van der Waals surface area contributed by atoms with E-state index in [1.54, 1.807) is 16.4 Å². The van der Waals surface area contributed by atoms with Gasteiger partial charge in [0.25, 0.3) is 0 Å². The zero-order valence-corrected chi connectivity index (χ0v) is 12.0. The van der Waals surface area contributed by atoms with Crippen LogP contribution in [-0.4, -0.2) is 38.3 Å². The summed E-state index contributed by atoms with van der Waals surface area (Å²) >= 11 is 0.